The highest BCUT2D eigenvalue weighted by Gasteiger charge is 2.39. The second-order valence-corrected chi connectivity index (χ2v) is 12.0. The van der Waals surface area contributed by atoms with Crippen LogP contribution in [0.5, 0.6) is 0 Å². The summed E-state index contributed by atoms with van der Waals surface area (Å²) in [5.74, 6) is 0.626. The predicted octanol–water partition coefficient (Wildman–Crippen LogP) is 4.23. The van der Waals surface area contributed by atoms with Crippen molar-refractivity contribution in [3.63, 3.8) is 0 Å². The van der Waals surface area contributed by atoms with E-state index in [0.717, 1.165) is 48.8 Å². The number of piperidine rings is 1. The Morgan fingerprint density at radius 3 is 2.65 bits per heavy atom. The normalized spacial score (nSPS) is 22.1. The molecule has 0 radical (unpaired) electrons. The summed E-state index contributed by atoms with van der Waals surface area (Å²) in [6.45, 7) is 5.24. The van der Waals surface area contributed by atoms with Gasteiger partial charge in [0.15, 0.2) is 0 Å². The molecule has 2 fully saturated rings. The molecule has 2 atom stereocenters. The molecule has 1 N–H and O–H groups in total. The summed E-state index contributed by atoms with van der Waals surface area (Å²) in [7, 11) is 0. The Balaban J connectivity index is 1.03. The number of amides is 2. The van der Waals surface area contributed by atoms with E-state index in [9.17, 15) is 9.59 Å². The minimum atomic E-state index is -0.317. The molecule has 3 aliphatic rings. The lowest BCUT2D eigenvalue weighted by Gasteiger charge is -2.35. The molecule has 204 valence electrons. The Kier molecular flexibility index (Phi) is 6.79. The third-order valence-electron chi connectivity index (χ3n) is 8.28. The molecular formula is C30H30N6O2S2. The molecule has 5 heterocycles. The predicted molar refractivity (Wildman–Crippen MR) is 160 cm³/mol. The van der Waals surface area contributed by atoms with Gasteiger partial charge in [0, 0.05) is 56.6 Å². The molecule has 4 aromatic rings. The van der Waals surface area contributed by atoms with Crippen molar-refractivity contribution in [2.24, 2.45) is 0 Å². The topological polar surface area (TPSA) is 81.7 Å². The van der Waals surface area contributed by atoms with Crippen LogP contribution in [0, 0.1) is 0 Å². The van der Waals surface area contributed by atoms with Crippen LogP contribution >= 0.6 is 24.0 Å². The standard InChI is InChI=1S/C30H30N6O2S2/c37-25-9-8-24(28(38)33-25)36-16-21-7-6-19(14-22(21)30(36)39)15-34-10-12-35(13-11-34)27-26-23(20-4-2-1-3-5-20)17-40-29(26)32-18-31-27/h1-7,14,17-18,24,30,39H,8-13,15-16H2,(H,33,37,38). The van der Waals surface area contributed by atoms with Gasteiger partial charge in [0.1, 0.15) is 17.0 Å². The molecule has 2 amide bonds. The van der Waals surface area contributed by atoms with Crippen LogP contribution in [0.4, 0.5) is 5.82 Å². The van der Waals surface area contributed by atoms with Gasteiger partial charge >= 0.3 is 0 Å². The number of rotatable bonds is 5. The van der Waals surface area contributed by atoms with Gasteiger partial charge in [0.25, 0.3) is 0 Å². The number of nitrogens with one attached hydrogen (secondary N) is 1. The maximum atomic E-state index is 12.5. The highest BCUT2D eigenvalue weighted by atomic mass is 32.1. The molecule has 7 rings (SSSR count). The van der Waals surface area contributed by atoms with Gasteiger partial charge in [0.05, 0.1) is 16.8 Å². The van der Waals surface area contributed by atoms with Crippen molar-refractivity contribution in [2.75, 3.05) is 31.1 Å². The molecule has 3 aliphatic heterocycles. The van der Waals surface area contributed by atoms with Gasteiger partial charge in [-0.3, -0.25) is 24.7 Å². The summed E-state index contributed by atoms with van der Waals surface area (Å²) in [4.78, 5) is 41.4. The number of benzene rings is 2. The SMILES string of the molecule is O=C1CCC(N2Cc3ccc(CN4CCN(c5ncnc6scc(-c7ccccc7)c56)CC4)cc3C2S)C(=O)N1. The van der Waals surface area contributed by atoms with Crippen LogP contribution in [-0.2, 0) is 22.7 Å². The first-order valence-electron chi connectivity index (χ1n) is 13.7. The second kappa shape index (κ2) is 10.6. The largest absolute Gasteiger partial charge is 0.353 e. The van der Waals surface area contributed by atoms with Gasteiger partial charge in [-0.25, -0.2) is 9.97 Å². The summed E-state index contributed by atoms with van der Waals surface area (Å²) < 4.78 is 0. The Morgan fingerprint density at radius 2 is 1.85 bits per heavy atom. The second-order valence-electron chi connectivity index (χ2n) is 10.7. The van der Waals surface area contributed by atoms with E-state index in [4.69, 9.17) is 17.6 Å². The number of anilines is 1. The number of piperazine rings is 1. The van der Waals surface area contributed by atoms with Crippen LogP contribution < -0.4 is 10.2 Å². The zero-order valence-corrected chi connectivity index (χ0v) is 23.7. The maximum Gasteiger partial charge on any atom is 0.243 e. The Bertz CT molecular complexity index is 1580. The fraction of sp³-hybridized carbons (Fsp3) is 0.333. The number of nitrogens with zero attached hydrogens (tertiary/aromatic N) is 5. The van der Waals surface area contributed by atoms with Gasteiger partial charge < -0.3 is 4.90 Å². The van der Waals surface area contributed by atoms with Crippen LogP contribution in [0.15, 0.2) is 60.2 Å². The lowest BCUT2D eigenvalue weighted by Crippen LogP contribution is -2.51. The van der Waals surface area contributed by atoms with Crippen molar-refractivity contribution >= 4 is 51.8 Å². The number of carbonyl (C=O) groups excluding carboxylic acids is 2. The number of hydrogen-bond acceptors (Lipinski definition) is 9. The molecule has 0 spiro atoms. The van der Waals surface area contributed by atoms with Crippen LogP contribution in [0.25, 0.3) is 21.3 Å². The van der Waals surface area contributed by atoms with Crippen molar-refractivity contribution in [1.29, 1.82) is 0 Å². The lowest BCUT2D eigenvalue weighted by molar-refractivity contribution is -0.137. The van der Waals surface area contributed by atoms with Crippen LogP contribution in [-0.4, -0.2) is 63.8 Å². The van der Waals surface area contributed by atoms with Crippen LogP contribution in [0.1, 0.15) is 34.9 Å². The minimum absolute atomic E-state index is 0.152. The Labute approximate surface area is 242 Å². The monoisotopic (exact) mass is 570 g/mol. The fourth-order valence-electron chi connectivity index (χ4n) is 6.17. The third kappa shape index (κ3) is 4.68. The summed E-state index contributed by atoms with van der Waals surface area (Å²) in [5, 5.41) is 5.67. The van der Waals surface area contributed by atoms with Crippen molar-refractivity contribution in [2.45, 2.75) is 37.3 Å². The van der Waals surface area contributed by atoms with Gasteiger partial charge in [-0.05, 0) is 28.7 Å². The molecule has 0 bridgehead atoms. The molecule has 8 nitrogen and oxygen atoms in total. The van der Waals surface area contributed by atoms with Crippen molar-refractivity contribution in [3.05, 3.63) is 76.9 Å². The number of carbonyl (C=O) groups is 2. The van der Waals surface area contributed by atoms with Crippen LogP contribution in [0.2, 0.25) is 0 Å². The molecule has 10 heteroatoms. The Hall–Kier alpha value is -3.31. The first-order valence-corrected chi connectivity index (χ1v) is 15.1. The summed E-state index contributed by atoms with van der Waals surface area (Å²) in [6, 6.07) is 16.8. The van der Waals surface area contributed by atoms with E-state index in [1.165, 1.54) is 27.8 Å². The van der Waals surface area contributed by atoms with E-state index in [-0.39, 0.29) is 23.2 Å². The van der Waals surface area contributed by atoms with Gasteiger partial charge in [-0.15, -0.1) is 11.3 Å². The van der Waals surface area contributed by atoms with Crippen molar-refractivity contribution in [3.8, 4) is 11.1 Å². The number of thiol groups is 1. The molecule has 0 saturated carbocycles. The molecule has 2 aromatic heterocycles. The van der Waals surface area contributed by atoms with Gasteiger partial charge in [-0.2, -0.15) is 12.6 Å². The van der Waals surface area contributed by atoms with E-state index in [2.05, 4.69) is 72.8 Å². The highest BCUT2D eigenvalue weighted by Crippen LogP contribution is 2.40. The first-order chi connectivity index (χ1) is 19.5. The van der Waals surface area contributed by atoms with E-state index in [0.29, 0.717) is 19.4 Å². The van der Waals surface area contributed by atoms with Crippen LogP contribution in [0.3, 0.4) is 0 Å². The summed E-state index contributed by atoms with van der Waals surface area (Å²) in [6.07, 6.45) is 2.61. The third-order valence-corrected chi connectivity index (χ3v) is 9.74. The zero-order valence-electron chi connectivity index (χ0n) is 22.0. The molecule has 2 unspecified atom stereocenters. The number of hydrogen-bond donors (Lipinski definition) is 2. The Morgan fingerprint density at radius 1 is 1.02 bits per heavy atom. The highest BCUT2D eigenvalue weighted by molar-refractivity contribution is 7.80. The zero-order chi connectivity index (χ0) is 27.2. The quantitative estimate of drug-likeness (QED) is 0.275. The van der Waals surface area contributed by atoms with E-state index >= 15 is 0 Å². The van der Waals surface area contributed by atoms with Gasteiger partial charge in [0.2, 0.25) is 11.8 Å². The number of imide groups is 1. The molecule has 2 aromatic carbocycles. The number of thiophene rings is 1. The van der Waals surface area contributed by atoms with Gasteiger partial charge in [-0.1, -0.05) is 48.5 Å². The lowest BCUT2D eigenvalue weighted by atomic mass is 10.0. The van der Waals surface area contributed by atoms with Crippen molar-refractivity contribution in [1.82, 2.24) is 25.1 Å². The number of aromatic nitrogens is 2. The first kappa shape index (κ1) is 25.6. The van der Waals surface area contributed by atoms with E-state index in [1.54, 1.807) is 17.7 Å². The van der Waals surface area contributed by atoms with E-state index in [1.807, 2.05) is 6.07 Å². The fourth-order valence-corrected chi connectivity index (χ4v) is 7.57. The summed E-state index contributed by atoms with van der Waals surface area (Å²) in [5.41, 5.74) is 6.02. The maximum absolute atomic E-state index is 12.5. The number of fused-ring (bicyclic) bond motifs is 2. The average molecular weight is 571 g/mol. The smallest absolute Gasteiger partial charge is 0.243 e. The van der Waals surface area contributed by atoms with Crippen molar-refractivity contribution < 1.29 is 9.59 Å². The molecular weight excluding hydrogens is 541 g/mol. The minimum Gasteiger partial charge on any atom is -0.353 e. The molecule has 2 saturated heterocycles. The molecule has 0 aliphatic carbocycles. The summed E-state index contributed by atoms with van der Waals surface area (Å²) >= 11 is 6.57. The average Bonchev–Trinajstić information content (AvgIpc) is 3.55. The molecule has 40 heavy (non-hydrogen) atoms. The van der Waals surface area contributed by atoms with E-state index < -0.39 is 0 Å².